The first-order chi connectivity index (χ1) is 10.7. The summed E-state index contributed by atoms with van der Waals surface area (Å²) in [6, 6.07) is 17.4. The molecular weight excluding hydrogens is 276 g/mol. The van der Waals surface area contributed by atoms with Crippen molar-refractivity contribution in [3.8, 4) is 0 Å². The predicted octanol–water partition coefficient (Wildman–Crippen LogP) is 3.58. The van der Waals surface area contributed by atoms with Crippen molar-refractivity contribution in [2.45, 2.75) is 19.3 Å². The van der Waals surface area contributed by atoms with E-state index in [0.717, 1.165) is 16.7 Å². The summed E-state index contributed by atoms with van der Waals surface area (Å²) in [4.78, 5) is 24.7. The van der Waals surface area contributed by atoms with Crippen LogP contribution in [0, 0.1) is 5.92 Å². The lowest BCUT2D eigenvalue weighted by Crippen LogP contribution is -2.32. The van der Waals surface area contributed by atoms with E-state index >= 15 is 0 Å². The molecule has 0 unspecified atom stereocenters. The van der Waals surface area contributed by atoms with E-state index in [1.807, 2.05) is 54.6 Å². The maximum atomic E-state index is 12.4. The molecule has 0 aromatic heterocycles. The molecule has 2 atom stereocenters. The van der Waals surface area contributed by atoms with Crippen molar-refractivity contribution in [3.63, 3.8) is 0 Å². The van der Waals surface area contributed by atoms with Gasteiger partial charge in [0, 0.05) is 17.9 Å². The maximum Gasteiger partial charge on any atom is 0.310 e. The molecule has 0 saturated heterocycles. The molecule has 3 rings (SSSR count). The topological polar surface area (TPSA) is 43.4 Å². The number of Topliss-reactive ketones (excluding diaryl/α,β-unsaturated/α-hetero) is 1. The summed E-state index contributed by atoms with van der Waals surface area (Å²) in [7, 11) is 0. The van der Waals surface area contributed by atoms with Crippen LogP contribution in [0.4, 0.5) is 0 Å². The average Bonchev–Trinajstić information content (AvgIpc) is 2.56. The van der Waals surface area contributed by atoms with Crippen LogP contribution in [0.15, 0.2) is 54.6 Å². The van der Waals surface area contributed by atoms with Crippen LogP contribution in [0.25, 0.3) is 0 Å². The standard InChI is InChI=1S/C19H18O3/c1-2-22-19(21)16-12-17(20)14-10-6-7-11-15(14)18(16)13-8-4-3-5-9-13/h3-11,16,18H,2,12H2,1H3/t16-,18+/m0/s1. The molecule has 0 fully saturated rings. The molecular formula is C19H18O3. The summed E-state index contributed by atoms with van der Waals surface area (Å²) in [5, 5.41) is 0. The molecule has 2 aromatic rings. The first-order valence-electron chi connectivity index (χ1n) is 7.56. The number of hydrogen-bond donors (Lipinski definition) is 0. The van der Waals surface area contributed by atoms with Crippen molar-refractivity contribution >= 4 is 11.8 Å². The van der Waals surface area contributed by atoms with Gasteiger partial charge in [-0.3, -0.25) is 9.59 Å². The fraction of sp³-hybridized carbons (Fsp3) is 0.263. The van der Waals surface area contributed by atoms with Gasteiger partial charge in [-0.15, -0.1) is 0 Å². The molecule has 3 nitrogen and oxygen atoms in total. The highest BCUT2D eigenvalue weighted by Crippen LogP contribution is 2.41. The van der Waals surface area contributed by atoms with E-state index < -0.39 is 5.92 Å². The molecule has 0 spiro atoms. The average molecular weight is 294 g/mol. The third-order valence-corrected chi connectivity index (χ3v) is 4.15. The second-order valence-corrected chi connectivity index (χ2v) is 5.46. The zero-order valence-corrected chi connectivity index (χ0v) is 12.5. The smallest absolute Gasteiger partial charge is 0.310 e. The van der Waals surface area contributed by atoms with Gasteiger partial charge in [-0.25, -0.2) is 0 Å². The van der Waals surface area contributed by atoms with Crippen LogP contribution in [0.5, 0.6) is 0 Å². The molecule has 2 aromatic carbocycles. The van der Waals surface area contributed by atoms with Gasteiger partial charge in [0.1, 0.15) is 0 Å². The number of fused-ring (bicyclic) bond motifs is 1. The zero-order chi connectivity index (χ0) is 15.5. The molecule has 0 heterocycles. The molecule has 3 heteroatoms. The summed E-state index contributed by atoms with van der Waals surface area (Å²) < 4.78 is 5.21. The quantitative estimate of drug-likeness (QED) is 0.813. The second-order valence-electron chi connectivity index (χ2n) is 5.46. The van der Waals surface area contributed by atoms with Crippen molar-refractivity contribution in [2.24, 2.45) is 5.92 Å². The monoisotopic (exact) mass is 294 g/mol. The van der Waals surface area contributed by atoms with Crippen molar-refractivity contribution in [1.82, 2.24) is 0 Å². The number of hydrogen-bond acceptors (Lipinski definition) is 3. The van der Waals surface area contributed by atoms with Gasteiger partial charge < -0.3 is 4.74 Å². The third-order valence-electron chi connectivity index (χ3n) is 4.15. The number of carbonyl (C=O) groups is 2. The van der Waals surface area contributed by atoms with Gasteiger partial charge in [0.2, 0.25) is 0 Å². The van der Waals surface area contributed by atoms with Gasteiger partial charge in [0.15, 0.2) is 5.78 Å². The highest BCUT2D eigenvalue weighted by Gasteiger charge is 2.39. The molecule has 0 radical (unpaired) electrons. The van der Waals surface area contributed by atoms with E-state index in [1.54, 1.807) is 6.92 Å². The van der Waals surface area contributed by atoms with Gasteiger partial charge in [-0.2, -0.15) is 0 Å². The molecule has 1 aliphatic rings. The fourth-order valence-electron chi connectivity index (χ4n) is 3.21. The Labute approximate surface area is 129 Å². The number of ether oxygens (including phenoxy) is 1. The van der Waals surface area contributed by atoms with Crippen molar-refractivity contribution in [3.05, 3.63) is 71.3 Å². The Morgan fingerprint density at radius 1 is 1.09 bits per heavy atom. The number of benzene rings is 2. The lowest BCUT2D eigenvalue weighted by Gasteiger charge is -2.31. The van der Waals surface area contributed by atoms with Gasteiger partial charge in [0.25, 0.3) is 0 Å². The van der Waals surface area contributed by atoms with Gasteiger partial charge in [0.05, 0.1) is 12.5 Å². The van der Waals surface area contributed by atoms with Crippen LogP contribution in [0.2, 0.25) is 0 Å². The van der Waals surface area contributed by atoms with Crippen molar-refractivity contribution in [1.29, 1.82) is 0 Å². The Bertz CT molecular complexity index is 691. The Kier molecular flexibility index (Phi) is 4.05. The molecule has 0 saturated carbocycles. The first kappa shape index (κ1) is 14.5. The van der Waals surface area contributed by atoms with Crippen molar-refractivity contribution < 1.29 is 14.3 Å². The number of carbonyl (C=O) groups excluding carboxylic acids is 2. The van der Waals surface area contributed by atoms with Crippen LogP contribution in [0.3, 0.4) is 0 Å². The van der Waals surface area contributed by atoms with Crippen LogP contribution in [-0.4, -0.2) is 18.4 Å². The lowest BCUT2D eigenvalue weighted by atomic mass is 9.71. The molecule has 112 valence electrons. The van der Waals surface area contributed by atoms with Crippen LogP contribution < -0.4 is 0 Å². The SMILES string of the molecule is CCOC(=O)[C@H]1CC(=O)c2ccccc2[C@H]1c1ccccc1. The molecule has 22 heavy (non-hydrogen) atoms. The highest BCUT2D eigenvalue weighted by atomic mass is 16.5. The molecule has 0 bridgehead atoms. The number of rotatable bonds is 3. The Morgan fingerprint density at radius 2 is 1.77 bits per heavy atom. The van der Waals surface area contributed by atoms with Crippen LogP contribution in [-0.2, 0) is 9.53 Å². The predicted molar refractivity (Wildman–Crippen MR) is 83.8 cm³/mol. The minimum Gasteiger partial charge on any atom is -0.466 e. The van der Waals surface area contributed by atoms with Gasteiger partial charge >= 0.3 is 5.97 Å². The van der Waals surface area contributed by atoms with E-state index in [1.165, 1.54) is 0 Å². The fourth-order valence-corrected chi connectivity index (χ4v) is 3.21. The summed E-state index contributed by atoms with van der Waals surface area (Å²) in [6.07, 6.45) is 0.204. The summed E-state index contributed by atoms with van der Waals surface area (Å²) in [6.45, 7) is 2.11. The number of ketones is 1. The van der Waals surface area contributed by atoms with E-state index in [2.05, 4.69) is 0 Å². The normalized spacial score (nSPS) is 20.3. The second kappa shape index (κ2) is 6.14. The molecule has 0 amide bonds. The van der Waals surface area contributed by atoms with Crippen LogP contribution >= 0.6 is 0 Å². The van der Waals surface area contributed by atoms with Gasteiger partial charge in [-0.1, -0.05) is 54.6 Å². The van der Waals surface area contributed by atoms with Crippen LogP contribution in [0.1, 0.15) is 40.7 Å². The van der Waals surface area contributed by atoms with E-state index in [-0.39, 0.29) is 24.1 Å². The lowest BCUT2D eigenvalue weighted by molar-refractivity contribution is -0.148. The summed E-state index contributed by atoms with van der Waals surface area (Å²) >= 11 is 0. The Morgan fingerprint density at radius 3 is 2.50 bits per heavy atom. The Hall–Kier alpha value is -2.42. The minimum atomic E-state index is -0.454. The maximum absolute atomic E-state index is 12.4. The van der Waals surface area contributed by atoms with E-state index in [4.69, 9.17) is 4.74 Å². The Balaban J connectivity index is 2.11. The minimum absolute atomic E-state index is 0.0147. The molecule has 0 N–H and O–H groups in total. The number of esters is 1. The van der Waals surface area contributed by atoms with Crippen molar-refractivity contribution in [2.75, 3.05) is 6.61 Å². The van der Waals surface area contributed by atoms with E-state index in [0.29, 0.717) is 6.61 Å². The van der Waals surface area contributed by atoms with E-state index in [9.17, 15) is 9.59 Å². The molecule has 1 aliphatic carbocycles. The van der Waals surface area contributed by atoms with Gasteiger partial charge in [-0.05, 0) is 18.1 Å². The zero-order valence-electron chi connectivity index (χ0n) is 12.5. The largest absolute Gasteiger partial charge is 0.466 e. The summed E-state index contributed by atoms with van der Waals surface area (Å²) in [5.74, 6) is -0.862. The summed E-state index contributed by atoms with van der Waals surface area (Å²) in [5.41, 5.74) is 2.68. The highest BCUT2D eigenvalue weighted by molar-refractivity contribution is 6.02. The first-order valence-corrected chi connectivity index (χ1v) is 7.56. The third kappa shape index (κ3) is 2.54. The molecule has 0 aliphatic heterocycles.